The summed E-state index contributed by atoms with van der Waals surface area (Å²) in [6.07, 6.45) is 0. The number of rotatable bonds is 5. The Kier molecular flexibility index (Phi) is 5.21. The number of methoxy groups -OCH3 is 1. The molecule has 5 rings (SSSR count). The van der Waals surface area contributed by atoms with E-state index in [-0.39, 0.29) is 11.3 Å². The number of ether oxygens (including phenoxy) is 1. The van der Waals surface area contributed by atoms with Gasteiger partial charge in [0.1, 0.15) is 11.3 Å². The maximum absolute atomic E-state index is 13.7. The van der Waals surface area contributed by atoms with Crippen LogP contribution in [0.15, 0.2) is 88.5 Å². The molecular formula is C28H23NO5. The smallest absolute Gasteiger partial charge is 0.294 e. The lowest BCUT2D eigenvalue weighted by Gasteiger charge is -2.28. The van der Waals surface area contributed by atoms with E-state index >= 15 is 0 Å². The first-order chi connectivity index (χ1) is 16.4. The predicted octanol–water partition coefficient (Wildman–Crippen LogP) is 5.84. The summed E-state index contributed by atoms with van der Waals surface area (Å²) in [5.41, 5.74) is 3.67. The number of anilines is 1. The number of nitrogens with zero attached hydrogens (tertiary/aromatic N) is 1. The van der Waals surface area contributed by atoms with E-state index in [1.807, 2.05) is 56.3 Å². The highest BCUT2D eigenvalue weighted by Crippen LogP contribution is 2.44. The minimum atomic E-state index is -0.857. The SMILES string of the molecule is COc1cccc(C2C(C(=O)c3cc4ccccc4o3)=C(O)C(=O)N2c2ccc(C)cc2C)c1. The maximum Gasteiger partial charge on any atom is 0.294 e. The molecule has 2 heterocycles. The fourth-order valence-electron chi connectivity index (χ4n) is 4.51. The number of aliphatic hydroxyl groups is 1. The average molecular weight is 453 g/mol. The first kappa shape index (κ1) is 21.5. The molecule has 0 aliphatic carbocycles. The lowest BCUT2D eigenvalue weighted by atomic mass is 9.94. The van der Waals surface area contributed by atoms with Gasteiger partial charge in [-0.05, 0) is 55.3 Å². The van der Waals surface area contributed by atoms with Gasteiger partial charge in [0.15, 0.2) is 11.5 Å². The van der Waals surface area contributed by atoms with E-state index in [4.69, 9.17) is 9.15 Å². The summed E-state index contributed by atoms with van der Waals surface area (Å²) in [6.45, 7) is 3.86. The zero-order valence-corrected chi connectivity index (χ0v) is 19.0. The summed E-state index contributed by atoms with van der Waals surface area (Å²) in [7, 11) is 1.55. The van der Waals surface area contributed by atoms with Gasteiger partial charge in [-0.2, -0.15) is 0 Å². The van der Waals surface area contributed by atoms with E-state index in [1.54, 1.807) is 37.4 Å². The molecule has 1 aliphatic rings. The van der Waals surface area contributed by atoms with Crippen molar-refractivity contribution in [2.45, 2.75) is 19.9 Å². The molecule has 6 nitrogen and oxygen atoms in total. The summed E-state index contributed by atoms with van der Waals surface area (Å²) >= 11 is 0. The first-order valence-electron chi connectivity index (χ1n) is 10.9. The third-order valence-corrected chi connectivity index (χ3v) is 6.12. The standard InChI is InChI=1S/C28H23NO5/c1-16-11-12-21(17(2)13-16)29-25(19-8-6-9-20(14-19)33-3)24(27(31)28(29)32)26(30)23-15-18-7-4-5-10-22(18)34-23/h4-15,25,31H,1-3H3. The molecule has 0 radical (unpaired) electrons. The monoisotopic (exact) mass is 453 g/mol. The van der Waals surface area contributed by atoms with Crippen LogP contribution in [0.2, 0.25) is 0 Å². The van der Waals surface area contributed by atoms with Gasteiger partial charge in [0, 0.05) is 11.1 Å². The van der Waals surface area contributed by atoms with E-state index in [1.165, 1.54) is 4.90 Å². The summed E-state index contributed by atoms with van der Waals surface area (Å²) < 4.78 is 11.2. The van der Waals surface area contributed by atoms with Crippen molar-refractivity contribution in [3.8, 4) is 5.75 Å². The Hall–Kier alpha value is -4.32. The number of aryl methyl sites for hydroxylation is 2. The molecule has 4 aromatic rings. The first-order valence-corrected chi connectivity index (χ1v) is 10.9. The van der Waals surface area contributed by atoms with E-state index in [0.717, 1.165) is 16.5 Å². The van der Waals surface area contributed by atoms with E-state index in [2.05, 4.69) is 0 Å². The highest BCUT2D eigenvalue weighted by Gasteiger charge is 2.45. The third-order valence-electron chi connectivity index (χ3n) is 6.12. The topological polar surface area (TPSA) is 80.0 Å². The van der Waals surface area contributed by atoms with Gasteiger partial charge in [-0.3, -0.25) is 14.5 Å². The Morgan fingerprint density at radius 2 is 1.79 bits per heavy atom. The minimum absolute atomic E-state index is 0.0303. The van der Waals surface area contributed by atoms with Crippen molar-refractivity contribution in [3.63, 3.8) is 0 Å². The fraction of sp³-hybridized carbons (Fsp3) is 0.143. The number of carbonyl (C=O) groups is 2. The number of hydrogen-bond acceptors (Lipinski definition) is 5. The van der Waals surface area contributed by atoms with E-state index in [0.29, 0.717) is 22.6 Å². The van der Waals surface area contributed by atoms with E-state index < -0.39 is 23.5 Å². The van der Waals surface area contributed by atoms with Crippen molar-refractivity contribution in [3.05, 3.63) is 107 Å². The van der Waals surface area contributed by atoms with Crippen molar-refractivity contribution in [1.82, 2.24) is 0 Å². The van der Waals surface area contributed by atoms with Gasteiger partial charge in [-0.1, -0.05) is 48.0 Å². The van der Waals surface area contributed by atoms with Crippen LogP contribution in [0.25, 0.3) is 11.0 Å². The number of amides is 1. The molecule has 0 saturated heterocycles. The molecule has 1 aliphatic heterocycles. The van der Waals surface area contributed by atoms with Crippen LogP contribution in [0.4, 0.5) is 5.69 Å². The van der Waals surface area contributed by atoms with Crippen LogP contribution in [0, 0.1) is 13.8 Å². The van der Waals surface area contributed by atoms with Crippen molar-refractivity contribution in [2.75, 3.05) is 12.0 Å². The quantitative estimate of drug-likeness (QED) is 0.384. The molecular weight excluding hydrogens is 430 g/mol. The van der Waals surface area contributed by atoms with Gasteiger partial charge in [0.05, 0.1) is 18.7 Å². The van der Waals surface area contributed by atoms with Crippen molar-refractivity contribution >= 4 is 28.3 Å². The molecule has 170 valence electrons. The highest BCUT2D eigenvalue weighted by molar-refractivity contribution is 6.20. The Bertz CT molecular complexity index is 1450. The Morgan fingerprint density at radius 1 is 1.00 bits per heavy atom. The lowest BCUT2D eigenvalue weighted by molar-refractivity contribution is -0.117. The van der Waals surface area contributed by atoms with Gasteiger partial charge in [0.25, 0.3) is 5.91 Å². The summed E-state index contributed by atoms with van der Waals surface area (Å²) in [5, 5.41) is 11.8. The number of fused-ring (bicyclic) bond motifs is 1. The molecule has 1 aromatic heterocycles. The number of benzene rings is 3. The van der Waals surface area contributed by atoms with Crippen LogP contribution >= 0.6 is 0 Å². The summed E-state index contributed by atoms with van der Waals surface area (Å²) in [5.74, 6) is -1.13. The van der Waals surface area contributed by atoms with Gasteiger partial charge in [-0.25, -0.2) is 0 Å². The second kappa shape index (κ2) is 8.23. The summed E-state index contributed by atoms with van der Waals surface area (Å²) in [4.78, 5) is 28.6. The number of carbonyl (C=O) groups excluding carboxylic acids is 2. The minimum Gasteiger partial charge on any atom is -0.503 e. The number of para-hydroxylation sites is 1. The molecule has 0 spiro atoms. The molecule has 0 fully saturated rings. The Labute approximate surface area is 196 Å². The predicted molar refractivity (Wildman–Crippen MR) is 129 cm³/mol. The Balaban J connectivity index is 1.69. The molecule has 1 unspecified atom stereocenters. The molecule has 0 saturated carbocycles. The van der Waals surface area contributed by atoms with Crippen LogP contribution in [-0.4, -0.2) is 23.9 Å². The third kappa shape index (κ3) is 3.44. The van der Waals surface area contributed by atoms with Crippen molar-refractivity contribution < 1.29 is 23.8 Å². The molecule has 3 aromatic carbocycles. The second-order valence-electron chi connectivity index (χ2n) is 8.38. The molecule has 1 N–H and O–H groups in total. The summed E-state index contributed by atoms with van der Waals surface area (Å²) in [6, 6.07) is 20.9. The van der Waals surface area contributed by atoms with Gasteiger partial charge in [0.2, 0.25) is 5.78 Å². The Morgan fingerprint density at radius 3 is 2.53 bits per heavy atom. The fourth-order valence-corrected chi connectivity index (χ4v) is 4.51. The number of aliphatic hydroxyl groups excluding tert-OH is 1. The molecule has 34 heavy (non-hydrogen) atoms. The highest BCUT2D eigenvalue weighted by atomic mass is 16.5. The number of hydrogen-bond donors (Lipinski definition) is 1. The van der Waals surface area contributed by atoms with E-state index in [9.17, 15) is 14.7 Å². The van der Waals surface area contributed by atoms with Crippen LogP contribution in [0.3, 0.4) is 0 Å². The van der Waals surface area contributed by atoms with Crippen molar-refractivity contribution in [2.24, 2.45) is 0 Å². The van der Waals surface area contributed by atoms with Crippen LogP contribution < -0.4 is 9.64 Å². The molecule has 1 atom stereocenters. The van der Waals surface area contributed by atoms with Gasteiger partial charge < -0.3 is 14.3 Å². The molecule has 0 bridgehead atoms. The lowest BCUT2D eigenvalue weighted by Crippen LogP contribution is -2.31. The van der Waals surface area contributed by atoms with Crippen molar-refractivity contribution in [1.29, 1.82) is 0 Å². The van der Waals surface area contributed by atoms with Gasteiger partial charge >= 0.3 is 0 Å². The number of Topliss-reactive ketones (excluding diaryl/α,β-unsaturated/α-hetero) is 1. The average Bonchev–Trinajstić information content (AvgIpc) is 3.38. The second-order valence-corrected chi connectivity index (χ2v) is 8.38. The number of ketones is 1. The zero-order valence-electron chi connectivity index (χ0n) is 19.0. The number of furan rings is 1. The van der Waals surface area contributed by atoms with Gasteiger partial charge in [-0.15, -0.1) is 0 Å². The normalized spacial score (nSPS) is 15.9. The molecule has 6 heteroatoms. The van der Waals surface area contributed by atoms with Crippen LogP contribution in [0.5, 0.6) is 5.75 Å². The molecule has 1 amide bonds. The zero-order chi connectivity index (χ0) is 24.0. The van der Waals surface area contributed by atoms with Crippen LogP contribution in [-0.2, 0) is 4.79 Å². The maximum atomic E-state index is 13.7. The largest absolute Gasteiger partial charge is 0.503 e. The van der Waals surface area contributed by atoms with Crippen LogP contribution in [0.1, 0.15) is 33.3 Å².